The molecule has 3 aromatic rings. The molecule has 1 aliphatic heterocycles. The lowest BCUT2D eigenvalue weighted by Crippen LogP contribution is -2.28. The number of nitrogens with zero attached hydrogens (tertiary/aromatic N) is 2. The lowest BCUT2D eigenvalue weighted by atomic mass is 10.1. The summed E-state index contributed by atoms with van der Waals surface area (Å²) in [6.07, 6.45) is 1.66. The zero-order valence-electron chi connectivity index (χ0n) is 24.1. The first-order valence-electron chi connectivity index (χ1n) is 13.2. The number of ether oxygens (including phenoxy) is 5. The first kappa shape index (κ1) is 29.4. The van der Waals surface area contributed by atoms with Crippen LogP contribution in [0.25, 0.3) is 0 Å². The second-order valence-corrected chi connectivity index (χ2v) is 10.6. The number of benzene rings is 3. The highest BCUT2D eigenvalue weighted by Gasteiger charge is 2.35. The number of methoxy groups -OCH3 is 4. The van der Waals surface area contributed by atoms with E-state index in [1.54, 1.807) is 47.1 Å². The third-order valence-corrected chi connectivity index (χ3v) is 8.20. The van der Waals surface area contributed by atoms with Crippen LogP contribution in [0.3, 0.4) is 0 Å². The molecule has 0 aliphatic carbocycles. The smallest absolute Gasteiger partial charge is 0.225 e. The van der Waals surface area contributed by atoms with E-state index in [2.05, 4.69) is 11.9 Å². The van der Waals surface area contributed by atoms with Crippen molar-refractivity contribution in [2.45, 2.75) is 30.0 Å². The first-order chi connectivity index (χ1) is 19.4. The van der Waals surface area contributed by atoms with Crippen molar-refractivity contribution in [3.63, 3.8) is 0 Å². The maximum atomic E-state index is 12.7. The summed E-state index contributed by atoms with van der Waals surface area (Å²) in [6.45, 7) is 3.87. The van der Waals surface area contributed by atoms with Crippen LogP contribution in [-0.4, -0.2) is 66.0 Å². The number of fused-ring (bicyclic) bond motifs is 1. The predicted octanol–water partition coefficient (Wildman–Crippen LogP) is 5.82. The standard InChI is InChI=1S/C31H38N2O6S/c1-21(34)33-25-10-7-8-11-28(25)40-31(33)24-20-23(35-3)13-15-26(24)39-19-9-17-32(2)18-16-22-12-14-27(36-4)30(38-6)29(22)37-5/h7-8,10-15,20,31H,9,16-19H2,1-6H3. The molecule has 1 heterocycles. The number of rotatable bonds is 13. The Balaban J connectivity index is 1.37. The molecule has 1 amide bonds. The second kappa shape index (κ2) is 13.7. The molecular formula is C31H38N2O6S. The van der Waals surface area contributed by atoms with E-state index in [4.69, 9.17) is 23.7 Å². The Kier molecular flexibility index (Phi) is 10.1. The minimum atomic E-state index is -0.223. The SMILES string of the molecule is COc1ccc(OCCCN(C)CCc2ccc(OC)c(OC)c2OC)c(C2Sc3ccccc3N2C(C)=O)c1. The van der Waals surface area contributed by atoms with Crippen LogP contribution in [0, 0.1) is 0 Å². The van der Waals surface area contributed by atoms with Gasteiger partial charge in [-0.05, 0) is 61.9 Å². The second-order valence-electron chi connectivity index (χ2n) is 9.48. The summed E-state index contributed by atoms with van der Waals surface area (Å²) in [4.78, 5) is 17.9. The summed E-state index contributed by atoms with van der Waals surface area (Å²) < 4.78 is 28.3. The number of anilines is 1. The van der Waals surface area contributed by atoms with Gasteiger partial charge in [0.05, 0.1) is 40.7 Å². The minimum absolute atomic E-state index is 0.0102. The number of hydrogen-bond donors (Lipinski definition) is 0. The predicted molar refractivity (Wildman–Crippen MR) is 159 cm³/mol. The summed E-state index contributed by atoms with van der Waals surface area (Å²) in [7, 11) is 8.63. The molecule has 0 aromatic heterocycles. The average Bonchev–Trinajstić information content (AvgIpc) is 3.37. The van der Waals surface area contributed by atoms with E-state index < -0.39 is 0 Å². The average molecular weight is 567 g/mol. The number of carbonyl (C=O) groups excluding carboxylic acids is 1. The Bertz CT molecular complexity index is 1320. The normalized spacial score (nSPS) is 14.2. The number of amides is 1. The molecule has 0 saturated heterocycles. The quantitative estimate of drug-likeness (QED) is 0.240. The van der Waals surface area contributed by atoms with Gasteiger partial charge in [0.2, 0.25) is 11.7 Å². The van der Waals surface area contributed by atoms with Crippen molar-refractivity contribution in [2.75, 3.05) is 60.1 Å². The van der Waals surface area contributed by atoms with E-state index in [0.717, 1.165) is 59.1 Å². The fourth-order valence-corrected chi connectivity index (χ4v) is 6.23. The first-order valence-corrected chi connectivity index (χ1v) is 14.1. The van der Waals surface area contributed by atoms with Gasteiger partial charge in [-0.15, -0.1) is 0 Å². The topological polar surface area (TPSA) is 69.7 Å². The van der Waals surface area contributed by atoms with E-state index in [0.29, 0.717) is 23.9 Å². The molecule has 0 N–H and O–H groups in total. The Labute approximate surface area is 241 Å². The number of likely N-dealkylation sites (N-methyl/N-ethyl adjacent to an activating group) is 1. The Morgan fingerprint density at radius 2 is 1.65 bits per heavy atom. The fraction of sp³-hybridized carbons (Fsp3) is 0.387. The lowest BCUT2D eigenvalue weighted by Gasteiger charge is -2.26. The van der Waals surface area contributed by atoms with Crippen LogP contribution in [-0.2, 0) is 11.2 Å². The van der Waals surface area contributed by atoms with Gasteiger partial charge in [0.1, 0.15) is 16.9 Å². The van der Waals surface area contributed by atoms with Gasteiger partial charge in [0, 0.05) is 30.5 Å². The molecule has 8 nitrogen and oxygen atoms in total. The largest absolute Gasteiger partial charge is 0.497 e. The number of para-hydroxylation sites is 1. The number of hydrogen-bond acceptors (Lipinski definition) is 8. The van der Waals surface area contributed by atoms with Crippen LogP contribution in [0.15, 0.2) is 59.5 Å². The summed E-state index contributed by atoms with van der Waals surface area (Å²) in [5, 5.41) is -0.223. The van der Waals surface area contributed by atoms with Gasteiger partial charge < -0.3 is 28.6 Å². The monoisotopic (exact) mass is 566 g/mol. The lowest BCUT2D eigenvalue weighted by molar-refractivity contribution is -0.116. The van der Waals surface area contributed by atoms with Crippen molar-refractivity contribution < 1.29 is 28.5 Å². The molecule has 214 valence electrons. The number of carbonyl (C=O) groups is 1. The zero-order valence-corrected chi connectivity index (χ0v) is 24.9. The Hall–Kier alpha value is -3.56. The van der Waals surface area contributed by atoms with Crippen molar-refractivity contribution in [3.8, 4) is 28.7 Å². The number of thioether (sulfide) groups is 1. The Morgan fingerprint density at radius 3 is 2.35 bits per heavy atom. The molecule has 3 aromatic carbocycles. The molecular weight excluding hydrogens is 528 g/mol. The third kappa shape index (κ3) is 6.42. The molecule has 0 fully saturated rings. The van der Waals surface area contributed by atoms with Crippen molar-refractivity contribution in [3.05, 3.63) is 65.7 Å². The molecule has 1 aliphatic rings. The van der Waals surface area contributed by atoms with Crippen molar-refractivity contribution in [2.24, 2.45) is 0 Å². The maximum absolute atomic E-state index is 12.7. The van der Waals surface area contributed by atoms with E-state index in [1.165, 1.54) is 0 Å². The van der Waals surface area contributed by atoms with E-state index in [9.17, 15) is 4.79 Å². The summed E-state index contributed by atoms with van der Waals surface area (Å²) >= 11 is 1.65. The molecule has 9 heteroatoms. The van der Waals surface area contributed by atoms with Crippen LogP contribution < -0.4 is 28.6 Å². The third-order valence-electron chi connectivity index (χ3n) is 6.91. The van der Waals surface area contributed by atoms with Crippen LogP contribution >= 0.6 is 11.8 Å². The zero-order chi connectivity index (χ0) is 28.6. The van der Waals surface area contributed by atoms with Gasteiger partial charge in [-0.25, -0.2) is 0 Å². The highest BCUT2D eigenvalue weighted by atomic mass is 32.2. The fourth-order valence-electron chi connectivity index (χ4n) is 4.87. The van der Waals surface area contributed by atoms with Gasteiger partial charge in [0.25, 0.3) is 0 Å². The molecule has 4 rings (SSSR count). The van der Waals surface area contributed by atoms with Crippen LogP contribution in [0.2, 0.25) is 0 Å². The van der Waals surface area contributed by atoms with E-state index >= 15 is 0 Å². The van der Waals surface area contributed by atoms with Crippen LogP contribution in [0.4, 0.5) is 5.69 Å². The van der Waals surface area contributed by atoms with Gasteiger partial charge in [-0.1, -0.05) is 30.0 Å². The Morgan fingerprint density at radius 1 is 0.900 bits per heavy atom. The van der Waals surface area contributed by atoms with Crippen LogP contribution in [0.1, 0.15) is 29.8 Å². The van der Waals surface area contributed by atoms with Crippen molar-refractivity contribution >= 4 is 23.4 Å². The molecule has 1 atom stereocenters. The van der Waals surface area contributed by atoms with Gasteiger partial charge >= 0.3 is 0 Å². The maximum Gasteiger partial charge on any atom is 0.225 e. The van der Waals surface area contributed by atoms with Gasteiger partial charge in [0.15, 0.2) is 11.5 Å². The molecule has 0 radical (unpaired) electrons. The summed E-state index contributed by atoms with van der Waals surface area (Å²) in [6, 6.07) is 17.7. The van der Waals surface area contributed by atoms with Crippen LogP contribution in [0.5, 0.6) is 28.7 Å². The van der Waals surface area contributed by atoms with E-state index in [-0.39, 0.29) is 11.3 Å². The van der Waals surface area contributed by atoms with Gasteiger partial charge in [-0.3, -0.25) is 9.69 Å². The highest BCUT2D eigenvalue weighted by molar-refractivity contribution is 8.00. The molecule has 0 saturated carbocycles. The van der Waals surface area contributed by atoms with E-state index in [1.807, 2.05) is 59.5 Å². The van der Waals surface area contributed by atoms with Gasteiger partial charge in [-0.2, -0.15) is 0 Å². The highest BCUT2D eigenvalue weighted by Crippen LogP contribution is 2.53. The molecule has 0 spiro atoms. The molecule has 0 bridgehead atoms. The van der Waals surface area contributed by atoms with Crippen molar-refractivity contribution in [1.29, 1.82) is 0 Å². The molecule has 40 heavy (non-hydrogen) atoms. The summed E-state index contributed by atoms with van der Waals surface area (Å²) in [5.74, 6) is 3.45. The molecule has 1 unspecified atom stereocenters. The summed E-state index contributed by atoms with van der Waals surface area (Å²) in [5.41, 5.74) is 2.91. The minimum Gasteiger partial charge on any atom is -0.497 e. The van der Waals surface area contributed by atoms with Crippen molar-refractivity contribution in [1.82, 2.24) is 4.90 Å².